The molecule has 2 aromatic carbocycles. The van der Waals surface area contributed by atoms with E-state index in [0.717, 1.165) is 17.7 Å². The summed E-state index contributed by atoms with van der Waals surface area (Å²) >= 11 is 0. The minimum atomic E-state index is -0.155. The molecule has 1 N–H and O–H groups in total. The van der Waals surface area contributed by atoms with Crippen LogP contribution in [0.25, 0.3) is 0 Å². The summed E-state index contributed by atoms with van der Waals surface area (Å²) in [7, 11) is 4.04. The van der Waals surface area contributed by atoms with Crippen molar-refractivity contribution in [2.45, 2.75) is 32.5 Å². The lowest BCUT2D eigenvalue weighted by Gasteiger charge is -2.14. The molecule has 1 saturated heterocycles. The molecule has 0 saturated carbocycles. The average Bonchev–Trinajstić information content (AvgIpc) is 2.98. The smallest absolute Gasteiger partial charge is 0.251 e. The molecule has 28 heavy (non-hydrogen) atoms. The van der Waals surface area contributed by atoms with Crippen molar-refractivity contribution in [2.24, 2.45) is 0 Å². The van der Waals surface area contributed by atoms with Crippen molar-refractivity contribution in [3.05, 3.63) is 70.8 Å². The van der Waals surface area contributed by atoms with Crippen LogP contribution in [-0.4, -0.2) is 41.6 Å². The second-order valence-corrected chi connectivity index (χ2v) is 7.31. The van der Waals surface area contributed by atoms with Crippen molar-refractivity contribution >= 4 is 17.7 Å². The first-order chi connectivity index (χ1) is 13.4. The van der Waals surface area contributed by atoms with Gasteiger partial charge in [0.2, 0.25) is 11.8 Å². The molecule has 146 valence electrons. The van der Waals surface area contributed by atoms with E-state index < -0.39 is 0 Å². The Kier molecular flexibility index (Phi) is 6.21. The average molecular weight is 379 g/mol. The van der Waals surface area contributed by atoms with E-state index in [1.54, 1.807) is 24.3 Å². The lowest BCUT2D eigenvalue weighted by molar-refractivity contribution is -0.139. The second kappa shape index (κ2) is 8.80. The van der Waals surface area contributed by atoms with Crippen molar-refractivity contribution in [3.63, 3.8) is 0 Å². The van der Waals surface area contributed by atoms with Gasteiger partial charge in [-0.25, -0.2) is 0 Å². The molecule has 6 heteroatoms. The van der Waals surface area contributed by atoms with Crippen molar-refractivity contribution in [1.29, 1.82) is 0 Å². The standard InChI is InChI=1S/C22H25N3O3/c1-24(2)14-18-5-3-4-17(12-18)13-23-22(28)19-8-6-16(7-9-19)15-25-20(26)10-11-21(25)27/h3-9,12H,10-11,13-15H2,1-2H3,(H,23,28). The van der Waals surface area contributed by atoms with E-state index in [-0.39, 0.29) is 37.1 Å². The van der Waals surface area contributed by atoms with Crippen LogP contribution in [0.3, 0.4) is 0 Å². The molecule has 0 unspecified atom stereocenters. The van der Waals surface area contributed by atoms with Crippen LogP contribution < -0.4 is 5.32 Å². The van der Waals surface area contributed by atoms with Crippen LogP contribution in [0.4, 0.5) is 0 Å². The summed E-state index contributed by atoms with van der Waals surface area (Å²) in [4.78, 5) is 39.2. The fourth-order valence-electron chi connectivity index (χ4n) is 3.23. The van der Waals surface area contributed by atoms with Gasteiger partial charge in [0.1, 0.15) is 0 Å². The highest BCUT2D eigenvalue weighted by Gasteiger charge is 2.28. The van der Waals surface area contributed by atoms with Gasteiger partial charge in [0.05, 0.1) is 6.54 Å². The summed E-state index contributed by atoms with van der Waals surface area (Å²) in [5.74, 6) is -0.426. The SMILES string of the molecule is CN(C)Cc1cccc(CNC(=O)c2ccc(CN3C(=O)CCC3=O)cc2)c1. The zero-order chi connectivity index (χ0) is 20.1. The van der Waals surface area contributed by atoms with E-state index in [0.29, 0.717) is 12.1 Å². The second-order valence-electron chi connectivity index (χ2n) is 7.31. The Bertz CT molecular complexity index is 859. The Labute approximate surface area is 165 Å². The molecule has 6 nitrogen and oxygen atoms in total. The molecular formula is C22H25N3O3. The number of benzene rings is 2. The Hall–Kier alpha value is -2.99. The number of nitrogens with one attached hydrogen (secondary N) is 1. The quantitative estimate of drug-likeness (QED) is 0.750. The first-order valence-electron chi connectivity index (χ1n) is 9.35. The first kappa shape index (κ1) is 19.8. The number of hydrogen-bond donors (Lipinski definition) is 1. The van der Waals surface area contributed by atoms with Gasteiger partial charge in [-0.15, -0.1) is 0 Å². The molecule has 0 spiro atoms. The van der Waals surface area contributed by atoms with Gasteiger partial charge in [0.15, 0.2) is 0 Å². The van der Waals surface area contributed by atoms with E-state index in [1.807, 2.05) is 26.2 Å². The number of nitrogens with zero attached hydrogens (tertiary/aromatic N) is 2. The van der Waals surface area contributed by atoms with E-state index in [4.69, 9.17) is 0 Å². The minimum absolute atomic E-state index is 0.136. The summed E-state index contributed by atoms with van der Waals surface area (Å²) in [6, 6.07) is 15.2. The van der Waals surface area contributed by atoms with Crippen LogP contribution in [0.2, 0.25) is 0 Å². The van der Waals surface area contributed by atoms with E-state index in [9.17, 15) is 14.4 Å². The molecule has 1 heterocycles. The Morgan fingerprint density at radius 1 is 0.964 bits per heavy atom. The third-order valence-corrected chi connectivity index (χ3v) is 4.65. The Balaban J connectivity index is 1.56. The maximum Gasteiger partial charge on any atom is 0.251 e. The van der Waals surface area contributed by atoms with Gasteiger partial charge in [0.25, 0.3) is 5.91 Å². The first-order valence-corrected chi connectivity index (χ1v) is 9.35. The Morgan fingerprint density at radius 3 is 2.25 bits per heavy atom. The van der Waals surface area contributed by atoms with Gasteiger partial charge in [-0.3, -0.25) is 19.3 Å². The molecule has 0 radical (unpaired) electrons. The minimum Gasteiger partial charge on any atom is -0.348 e. The molecule has 0 aliphatic carbocycles. The number of hydrogen-bond acceptors (Lipinski definition) is 4. The predicted molar refractivity (Wildman–Crippen MR) is 106 cm³/mol. The van der Waals surface area contributed by atoms with Crippen molar-refractivity contribution in [3.8, 4) is 0 Å². The molecular weight excluding hydrogens is 354 g/mol. The lowest BCUT2D eigenvalue weighted by Crippen LogP contribution is -2.28. The summed E-state index contributed by atoms with van der Waals surface area (Å²) in [5, 5.41) is 2.93. The maximum absolute atomic E-state index is 12.4. The van der Waals surface area contributed by atoms with Crippen molar-refractivity contribution in [1.82, 2.24) is 15.1 Å². The summed E-state index contributed by atoms with van der Waals surface area (Å²) in [5.41, 5.74) is 3.63. The highest BCUT2D eigenvalue weighted by atomic mass is 16.2. The summed E-state index contributed by atoms with van der Waals surface area (Å²) in [6.07, 6.45) is 0.574. The number of amides is 3. The van der Waals surface area contributed by atoms with Crippen molar-refractivity contribution < 1.29 is 14.4 Å². The largest absolute Gasteiger partial charge is 0.348 e. The van der Waals surface area contributed by atoms with Crippen LogP contribution in [0.5, 0.6) is 0 Å². The van der Waals surface area contributed by atoms with Crippen LogP contribution in [0.1, 0.15) is 39.9 Å². The molecule has 3 rings (SSSR count). The zero-order valence-corrected chi connectivity index (χ0v) is 16.3. The molecule has 0 aromatic heterocycles. The van der Waals surface area contributed by atoms with Gasteiger partial charge in [-0.05, 0) is 42.9 Å². The summed E-state index contributed by atoms with van der Waals surface area (Å²) in [6.45, 7) is 1.57. The van der Waals surface area contributed by atoms with E-state index in [1.165, 1.54) is 10.5 Å². The molecule has 1 fully saturated rings. The summed E-state index contributed by atoms with van der Waals surface area (Å²) < 4.78 is 0. The highest BCUT2D eigenvalue weighted by Crippen LogP contribution is 2.16. The van der Waals surface area contributed by atoms with Crippen LogP contribution >= 0.6 is 0 Å². The number of imide groups is 1. The van der Waals surface area contributed by atoms with Crippen molar-refractivity contribution in [2.75, 3.05) is 14.1 Å². The molecule has 1 aliphatic heterocycles. The lowest BCUT2D eigenvalue weighted by atomic mass is 10.1. The molecule has 0 bridgehead atoms. The molecule has 1 aliphatic rings. The zero-order valence-electron chi connectivity index (χ0n) is 16.3. The highest BCUT2D eigenvalue weighted by molar-refractivity contribution is 6.01. The van der Waals surface area contributed by atoms with Crippen LogP contribution in [-0.2, 0) is 29.2 Å². The number of carbonyl (C=O) groups is 3. The molecule has 3 amide bonds. The van der Waals surface area contributed by atoms with E-state index in [2.05, 4.69) is 22.3 Å². The number of likely N-dealkylation sites (tertiary alicyclic amines) is 1. The van der Waals surface area contributed by atoms with Gasteiger partial charge >= 0.3 is 0 Å². The third-order valence-electron chi connectivity index (χ3n) is 4.65. The molecule has 0 atom stereocenters. The van der Waals surface area contributed by atoms with Crippen LogP contribution in [0, 0.1) is 0 Å². The fraction of sp³-hybridized carbons (Fsp3) is 0.318. The van der Waals surface area contributed by atoms with Crippen LogP contribution in [0.15, 0.2) is 48.5 Å². The number of carbonyl (C=O) groups excluding carboxylic acids is 3. The monoisotopic (exact) mass is 379 g/mol. The molecule has 2 aromatic rings. The normalized spacial score (nSPS) is 14.0. The van der Waals surface area contributed by atoms with E-state index >= 15 is 0 Å². The van der Waals surface area contributed by atoms with Gasteiger partial charge < -0.3 is 10.2 Å². The maximum atomic E-state index is 12.4. The van der Waals surface area contributed by atoms with Gasteiger partial charge in [0, 0.05) is 31.5 Å². The number of rotatable bonds is 7. The predicted octanol–water partition coefficient (Wildman–Crippen LogP) is 2.33. The fourth-order valence-corrected chi connectivity index (χ4v) is 3.23. The topological polar surface area (TPSA) is 69.7 Å². The Morgan fingerprint density at radius 2 is 1.61 bits per heavy atom. The van der Waals surface area contributed by atoms with Gasteiger partial charge in [-0.1, -0.05) is 36.4 Å². The third kappa shape index (κ3) is 5.04. The van der Waals surface area contributed by atoms with Gasteiger partial charge in [-0.2, -0.15) is 0 Å².